The maximum Gasteiger partial charge on any atom is 0.255 e. The first kappa shape index (κ1) is 23.1. The number of amides is 1. The molecule has 1 saturated heterocycles. The van der Waals surface area contributed by atoms with Gasteiger partial charge in [-0.1, -0.05) is 29.3 Å². The second-order valence-electron chi connectivity index (χ2n) is 7.63. The zero-order valence-electron chi connectivity index (χ0n) is 18.1. The normalized spacial score (nSPS) is 13.4. The second-order valence-corrected chi connectivity index (χ2v) is 8.50. The Kier molecular flexibility index (Phi) is 6.91. The lowest BCUT2D eigenvalue weighted by atomic mass is 10.0. The first-order valence-corrected chi connectivity index (χ1v) is 11.0. The van der Waals surface area contributed by atoms with Crippen LogP contribution in [0.15, 0.2) is 48.7 Å². The van der Waals surface area contributed by atoms with Gasteiger partial charge in [-0.25, -0.2) is 9.37 Å². The molecule has 3 aromatic rings. The topological polar surface area (TPSA) is 63.7 Å². The molecule has 1 aliphatic heterocycles. The van der Waals surface area contributed by atoms with Crippen molar-refractivity contribution in [3.05, 3.63) is 69.8 Å². The molecule has 6 nitrogen and oxygen atoms in total. The van der Waals surface area contributed by atoms with Gasteiger partial charge in [0.25, 0.3) is 5.91 Å². The number of pyridine rings is 1. The van der Waals surface area contributed by atoms with Crippen LogP contribution >= 0.6 is 23.2 Å². The number of hydrogen-bond donors (Lipinski definition) is 1. The van der Waals surface area contributed by atoms with Gasteiger partial charge in [-0.3, -0.25) is 4.79 Å². The highest BCUT2D eigenvalue weighted by molar-refractivity contribution is 6.35. The van der Waals surface area contributed by atoms with Crippen LogP contribution < -0.4 is 19.7 Å². The fraction of sp³-hybridized carbons (Fsp3) is 0.250. The highest BCUT2D eigenvalue weighted by Gasteiger charge is 2.30. The summed E-state index contributed by atoms with van der Waals surface area (Å²) in [6.07, 6.45) is 0.703. The van der Waals surface area contributed by atoms with E-state index in [1.807, 2.05) is 6.07 Å². The Balaban J connectivity index is 1.61. The molecule has 1 fully saturated rings. The van der Waals surface area contributed by atoms with Crippen LogP contribution in [0.5, 0.6) is 11.5 Å². The van der Waals surface area contributed by atoms with Crippen molar-refractivity contribution in [1.82, 2.24) is 10.3 Å². The number of alkyl halides is 1. The van der Waals surface area contributed by atoms with Crippen LogP contribution in [0, 0.1) is 0 Å². The number of carbonyl (C=O) groups excluding carboxylic acids is 1. The molecule has 0 radical (unpaired) electrons. The van der Waals surface area contributed by atoms with Gasteiger partial charge in [0, 0.05) is 28.4 Å². The fourth-order valence-electron chi connectivity index (χ4n) is 3.62. The molecule has 0 bridgehead atoms. The van der Waals surface area contributed by atoms with E-state index in [1.165, 1.54) is 0 Å². The molecule has 4 rings (SSSR count). The van der Waals surface area contributed by atoms with Gasteiger partial charge in [0.1, 0.15) is 12.0 Å². The minimum absolute atomic E-state index is 0.200. The van der Waals surface area contributed by atoms with Gasteiger partial charge in [-0.2, -0.15) is 0 Å². The number of ether oxygens (including phenoxy) is 2. The molecular weight excluding hydrogens is 468 g/mol. The summed E-state index contributed by atoms with van der Waals surface area (Å²) in [7, 11) is 3.11. The van der Waals surface area contributed by atoms with Crippen molar-refractivity contribution in [3.63, 3.8) is 0 Å². The number of rotatable bonds is 7. The predicted molar refractivity (Wildman–Crippen MR) is 128 cm³/mol. The Labute approximate surface area is 201 Å². The highest BCUT2D eigenvalue weighted by atomic mass is 35.5. The summed E-state index contributed by atoms with van der Waals surface area (Å²) < 4.78 is 24.1. The van der Waals surface area contributed by atoms with Crippen molar-refractivity contribution < 1.29 is 18.7 Å². The zero-order chi connectivity index (χ0) is 23.5. The molecule has 1 aliphatic rings. The minimum atomic E-state index is -0.930. The van der Waals surface area contributed by atoms with E-state index in [4.69, 9.17) is 32.7 Å². The molecule has 0 atom stereocenters. The number of methoxy groups -OCH3 is 2. The van der Waals surface area contributed by atoms with E-state index >= 15 is 0 Å². The molecule has 0 spiro atoms. The van der Waals surface area contributed by atoms with E-state index in [2.05, 4.69) is 10.3 Å². The van der Waals surface area contributed by atoms with E-state index < -0.39 is 6.17 Å². The fourth-order valence-corrected chi connectivity index (χ4v) is 4.15. The van der Waals surface area contributed by atoms with Gasteiger partial charge in [0.05, 0.1) is 32.9 Å². The number of nitrogens with one attached hydrogen (secondary N) is 1. The molecule has 0 saturated carbocycles. The molecule has 2 heterocycles. The maximum absolute atomic E-state index is 13.5. The van der Waals surface area contributed by atoms with Gasteiger partial charge in [-0.05, 0) is 47.5 Å². The van der Waals surface area contributed by atoms with Crippen molar-refractivity contribution >= 4 is 34.9 Å². The smallest absolute Gasteiger partial charge is 0.255 e. The summed E-state index contributed by atoms with van der Waals surface area (Å²) in [5.74, 6) is 1.28. The lowest BCUT2D eigenvalue weighted by Crippen LogP contribution is -2.49. The van der Waals surface area contributed by atoms with Crippen LogP contribution in [0.4, 0.5) is 10.2 Å². The molecule has 0 aliphatic carbocycles. The third-order valence-corrected chi connectivity index (χ3v) is 5.78. The van der Waals surface area contributed by atoms with E-state index in [0.29, 0.717) is 38.5 Å². The molecule has 2 aromatic carbocycles. The number of halogens is 3. The molecule has 1 amide bonds. The number of nitrogens with zero attached hydrogens (tertiary/aromatic N) is 2. The standard InChI is InChI=1S/C24H22Cl2FN3O3/c1-32-21-4-3-14(5-22(21)33-2)10-29-24(31)20-8-16(15-6-17(25)9-18(26)7-15)11-28-23(20)30-12-19(27)13-30/h3-9,11,19H,10,12-13H2,1-2H3,(H,29,31). The summed E-state index contributed by atoms with van der Waals surface area (Å²) in [4.78, 5) is 19.4. The molecule has 33 heavy (non-hydrogen) atoms. The van der Waals surface area contributed by atoms with Gasteiger partial charge >= 0.3 is 0 Å². The van der Waals surface area contributed by atoms with Crippen LogP contribution in [0.25, 0.3) is 11.1 Å². The van der Waals surface area contributed by atoms with Crippen LogP contribution in [-0.4, -0.2) is 44.4 Å². The zero-order valence-corrected chi connectivity index (χ0v) is 19.6. The van der Waals surface area contributed by atoms with E-state index in [9.17, 15) is 9.18 Å². The van der Waals surface area contributed by atoms with Gasteiger partial charge in [0.15, 0.2) is 11.5 Å². The van der Waals surface area contributed by atoms with E-state index in [-0.39, 0.29) is 25.5 Å². The number of anilines is 1. The summed E-state index contributed by atoms with van der Waals surface area (Å²) in [5, 5.41) is 3.86. The second kappa shape index (κ2) is 9.85. The third-order valence-electron chi connectivity index (χ3n) is 5.34. The Morgan fingerprint density at radius 2 is 1.76 bits per heavy atom. The number of hydrogen-bond acceptors (Lipinski definition) is 5. The average Bonchev–Trinajstić information content (AvgIpc) is 2.79. The summed E-state index contributed by atoms with van der Waals surface area (Å²) in [6, 6.07) is 12.3. The van der Waals surface area contributed by atoms with Crippen molar-refractivity contribution in [2.24, 2.45) is 0 Å². The van der Waals surface area contributed by atoms with Gasteiger partial charge < -0.3 is 19.7 Å². The quantitative estimate of drug-likeness (QED) is 0.496. The van der Waals surface area contributed by atoms with Crippen LogP contribution in [0.3, 0.4) is 0 Å². The predicted octanol–water partition coefficient (Wildman–Crippen LogP) is 5.16. The maximum atomic E-state index is 13.5. The molecule has 0 unspecified atom stereocenters. The summed E-state index contributed by atoms with van der Waals surface area (Å²) >= 11 is 12.3. The molecular formula is C24H22Cl2FN3O3. The van der Waals surface area contributed by atoms with Crippen molar-refractivity contribution in [3.8, 4) is 22.6 Å². The van der Waals surface area contributed by atoms with Crippen molar-refractivity contribution in [2.75, 3.05) is 32.2 Å². The average molecular weight is 490 g/mol. The highest BCUT2D eigenvalue weighted by Crippen LogP contribution is 2.32. The number of aromatic nitrogens is 1. The number of benzene rings is 2. The van der Waals surface area contributed by atoms with Crippen LogP contribution in [-0.2, 0) is 6.54 Å². The van der Waals surface area contributed by atoms with Crippen LogP contribution in [0.1, 0.15) is 15.9 Å². The Morgan fingerprint density at radius 1 is 1.06 bits per heavy atom. The minimum Gasteiger partial charge on any atom is -0.493 e. The van der Waals surface area contributed by atoms with E-state index in [0.717, 1.165) is 11.1 Å². The third kappa shape index (κ3) is 5.15. The molecule has 9 heteroatoms. The SMILES string of the molecule is COc1ccc(CNC(=O)c2cc(-c3cc(Cl)cc(Cl)c3)cnc2N2CC(F)C2)cc1OC. The molecule has 1 aromatic heterocycles. The monoisotopic (exact) mass is 489 g/mol. The van der Waals surface area contributed by atoms with E-state index in [1.54, 1.807) is 61.7 Å². The molecule has 172 valence electrons. The molecule has 1 N–H and O–H groups in total. The van der Waals surface area contributed by atoms with Crippen LogP contribution in [0.2, 0.25) is 10.0 Å². The Morgan fingerprint density at radius 3 is 2.39 bits per heavy atom. The van der Waals surface area contributed by atoms with Crippen molar-refractivity contribution in [2.45, 2.75) is 12.7 Å². The summed E-state index contributed by atoms with van der Waals surface area (Å²) in [6.45, 7) is 0.661. The lowest BCUT2D eigenvalue weighted by molar-refractivity contribution is 0.0950. The lowest BCUT2D eigenvalue weighted by Gasteiger charge is -2.36. The van der Waals surface area contributed by atoms with Crippen molar-refractivity contribution in [1.29, 1.82) is 0 Å². The largest absolute Gasteiger partial charge is 0.493 e. The summed E-state index contributed by atoms with van der Waals surface area (Å²) in [5.41, 5.74) is 2.58. The number of carbonyl (C=O) groups is 1. The Hall–Kier alpha value is -3.03. The van der Waals surface area contributed by atoms with Gasteiger partial charge in [-0.15, -0.1) is 0 Å². The Bertz CT molecular complexity index is 1170. The van der Waals surface area contributed by atoms with Gasteiger partial charge in [0.2, 0.25) is 0 Å². The first-order chi connectivity index (χ1) is 15.9. The first-order valence-electron chi connectivity index (χ1n) is 10.2.